The predicted molar refractivity (Wildman–Crippen MR) is 71.3 cm³/mol. The van der Waals surface area contributed by atoms with E-state index in [0.717, 1.165) is 20.9 Å². The number of alkyl halides is 1. The number of halogens is 5. The van der Waals surface area contributed by atoms with Crippen molar-refractivity contribution in [1.82, 2.24) is 0 Å². The van der Waals surface area contributed by atoms with Gasteiger partial charge >= 0.3 is 0 Å². The van der Waals surface area contributed by atoms with Crippen LogP contribution in [0.5, 0.6) is 0 Å². The summed E-state index contributed by atoms with van der Waals surface area (Å²) in [6.45, 7) is 0. The molecule has 0 saturated carbocycles. The average Bonchev–Trinajstić information content (AvgIpc) is 2.15. The summed E-state index contributed by atoms with van der Waals surface area (Å²) in [6, 6.07) is 5.77. The molecule has 1 rings (SSSR count). The lowest BCUT2D eigenvalue weighted by Crippen LogP contribution is -1.83. The summed E-state index contributed by atoms with van der Waals surface area (Å²) in [4.78, 5) is 0. The molecule has 76 valence electrons. The monoisotopic (exact) mass is 376 g/mol. The zero-order valence-electron chi connectivity index (χ0n) is 6.83. The van der Waals surface area contributed by atoms with Crippen molar-refractivity contribution in [2.75, 3.05) is 0 Å². The highest BCUT2D eigenvalue weighted by atomic mass is 79.9. The molecule has 0 atom stereocenters. The molecule has 0 amide bonds. The first kappa shape index (κ1) is 12.9. The van der Waals surface area contributed by atoms with E-state index >= 15 is 0 Å². The van der Waals surface area contributed by atoms with Crippen molar-refractivity contribution in [2.45, 2.75) is 5.33 Å². The van der Waals surface area contributed by atoms with Gasteiger partial charge in [0.05, 0.1) is 5.03 Å². The van der Waals surface area contributed by atoms with Gasteiger partial charge in [-0.25, -0.2) is 0 Å². The molecular formula is C9H5Br2Cl3. The van der Waals surface area contributed by atoms with Crippen molar-refractivity contribution in [3.63, 3.8) is 0 Å². The van der Waals surface area contributed by atoms with Gasteiger partial charge in [-0.2, -0.15) is 0 Å². The SMILES string of the molecule is ClC(Cl)=C(Cl)c1cc(Br)cc(CBr)c1. The van der Waals surface area contributed by atoms with Crippen LogP contribution in [0.4, 0.5) is 0 Å². The van der Waals surface area contributed by atoms with Crippen LogP contribution < -0.4 is 0 Å². The fourth-order valence-corrected chi connectivity index (χ4v) is 2.16. The topological polar surface area (TPSA) is 0 Å². The molecule has 0 bridgehead atoms. The third-order valence-corrected chi connectivity index (χ3v) is 3.62. The Balaban J connectivity index is 3.23. The summed E-state index contributed by atoms with van der Waals surface area (Å²) >= 11 is 23.9. The maximum Gasteiger partial charge on any atom is 0.126 e. The molecule has 5 heteroatoms. The zero-order chi connectivity index (χ0) is 10.7. The summed E-state index contributed by atoms with van der Waals surface area (Å²) in [5.74, 6) is 0. The van der Waals surface area contributed by atoms with Gasteiger partial charge < -0.3 is 0 Å². The smallest absolute Gasteiger partial charge is 0.0876 e. The third-order valence-electron chi connectivity index (χ3n) is 1.53. The van der Waals surface area contributed by atoms with E-state index in [0.29, 0.717) is 5.03 Å². The van der Waals surface area contributed by atoms with E-state index in [9.17, 15) is 0 Å². The largest absolute Gasteiger partial charge is 0.126 e. The quantitative estimate of drug-likeness (QED) is 0.580. The van der Waals surface area contributed by atoms with Crippen molar-refractivity contribution >= 4 is 71.7 Å². The third kappa shape index (κ3) is 3.42. The minimum Gasteiger partial charge on any atom is -0.0876 e. The van der Waals surface area contributed by atoms with Crippen LogP contribution in [0.1, 0.15) is 11.1 Å². The lowest BCUT2D eigenvalue weighted by molar-refractivity contribution is 1.40. The number of hydrogen-bond acceptors (Lipinski definition) is 0. The van der Waals surface area contributed by atoms with E-state index in [-0.39, 0.29) is 4.49 Å². The van der Waals surface area contributed by atoms with Gasteiger partial charge in [-0.3, -0.25) is 0 Å². The van der Waals surface area contributed by atoms with Gasteiger partial charge in [-0.15, -0.1) is 0 Å². The lowest BCUT2D eigenvalue weighted by atomic mass is 10.1. The van der Waals surface area contributed by atoms with Gasteiger partial charge in [0.1, 0.15) is 4.49 Å². The van der Waals surface area contributed by atoms with E-state index in [1.54, 1.807) is 0 Å². The van der Waals surface area contributed by atoms with Crippen molar-refractivity contribution in [3.05, 3.63) is 38.3 Å². The normalized spacial score (nSPS) is 10.1. The van der Waals surface area contributed by atoms with Gasteiger partial charge in [0.15, 0.2) is 0 Å². The Kier molecular flexibility index (Phi) is 5.29. The van der Waals surface area contributed by atoms with E-state index in [1.807, 2.05) is 18.2 Å². The molecule has 0 saturated heterocycles. The molecule has 0 unspecified atom stereocenters. The fraction of sp³-hybridized carbons (Fsp3) is 0.111. The zero-order valence-corrected chi connectivity index (χ0v) is 12.3. The molecule has 0 aliphatic carbocycles. The standard InChI is InChI=1S/C9H5Br2Cl3/c10-4-5-1-6(3-7(11)2-5)8(12)9(13)14/h1-3H,4H2. The summed E-state index contributed by atoms with van der Waals surface area (Å²) < 4.78 is 1.02. The van der Waals surface area contributed by atoms with Crippen molar-refractivity contribution in [1.29, 1.82) is 0 Å². The van der Waals surface area contributed by atoms with E-state index in [2.05, 4.69) is 31.9 Å². The van der Waals surface area contributed by atoms with Crippen LogP contribution in [-0.2, 0) is 5.33 Å². The molecule has 0 nitrogen and oxygen atoms in total. The van der Waals surface area contributed by atoms with E-state index in [1.165, 1.54) is 0 Å². The van der Waals surface area contributed by atoms with Gasteiger partial charge in [-0.05, 0) is 29.3 Å². The van der Waals surface area contributed by atoms with Gasteiger partial charge in [0.2, 0.25) is 0 Å². The maximum atomic E-state index is 5.92. The highest BCUT2D eigenvalue weighted by Crippen LogP contribution is 2.30. The molecule has 0 spiro atoms. The summed E-state index contributed by atoms with van der Waals surface area (Å²) in [7, 11) is 0. The highest BCUT2D eigenvalue weighted by Gasteiger charge is 2.05. The van der Waals surface area contributed by atoms with Crippen LogP contribution in [0, 0.1) is 0 Å². The van der Waals surface area contributed by atoms with Crippen molar-refractivity contribution < 1.29 is 0 Å². The molecule has 1 aromatic carbocycles. The second kappa shape index (κ2) is 5.76. The molecule has 0 heterocycles. The Labute approximate surface area is 114 Å². The molecule has 0 N–H and O–H groups in total. The average molecular weight is 379 g/mol. The summed E-state index contributed by atoms with van der Waals surface area (Å²) in [6.07, 6.45) is 0. The molecule has 0 radical (unpaired) electrons. The van der Waals surface area contributed by atoms with Crippen LogP contribution >= 0.6 is 66.7 Å². The van der Waals surface area contributed by atoms with Gasteiger partial charge in [-0.1, -0.05) is 66.7 Å². The highest BCUT2D eigenvalue weighted by molar-refractivity contribution is 9.10. The molecule has 0 aliphatic heterocycles. The minimum absolute atomic E-state index is 0.0743. The Bertz CT molecular complexity index is 370. The number of benzene rings is 1. The number of rotatable bonds is 2. The minimum atomic E-state index is 0.0743. The predicted octanol–water partition coefficient (Wildman–Crippen LogP) is 5.69. The van der Waals surface area contributed by atoms with E-state index in [4.69, 9.17) is 34.8 Å². The van der Waals surface area contributed by atoms with Gasteiger partial charge in [0, 0.05) is 9.80 Å². The van der Waals surface area contributed by atoms with Crippen molar-refractivity contribution in [2.24, 2.45) is 0 Å². The van der Waals surface area contributed by atoms with Crippen LogP contribution in [0.3, 0.4) is 0 Å². The van der Waals surface area contributed by atoms with Crippen LogP contribution in [0.15, 0.2) is 27.2 Å². The second-order valence-electron chi connectivity index (χ2n) is 2.56. The lowest BCUT2D eigenvalue weighted by Gasteiger charge is -2.04. The number of hydrogen-bond donors (Lipinski definition) is 0. The Morgan fingerprint density at radius 3 is 2.29 bits per heavy atom. The summed E-state index contributed by atoms with van der Waals surface area (Å²) in [5.41, 5.74) is 1.90. The first-order valence-corrected chi connectivity index (χ1v) is 6.66. The van der Waals surface area contributed by atoms with Crippen LogP contribution in [-0.4, -0.2) is 0 Å². The first-order chi connectivity index (χ1) is 6.54. The Morgan fingerprint density at radius 1 is 1.14 bits per heavy atom. The Morgan fingerprint density at radius 2 is 1.79 bits per heavy atom. The van der Waals surface area contributed by atoms with Crippen LogP contribution in [0.25, 0.3) is 5.03 Å². The molecule has 0 aromatic heterocycles. The first-order valence-electron chi connectivity index (χ1n) is 3.61. The molecule has 1 aromatic rings. The van der Waals surface area contributed by atoms with Crippen LogP contribution in [0.2, 0.25) is 0 Å². The molecule has 14 heavy (non-hydrogen) atoms. The maximum absolute atomic E-state index is 5.92. The molecule has 0 fully saturated rings. The Hall–Kier alpha value is 0.790. The van der Waals surface area contributed by atoms with Gasteiger partial charge in [0.25, 0.3) is 0 Å². The summed E-state index contributed by atoms with van der Waals surface area (Å²) in [5, 5.41) is 1.11. The van der Waals surface area contributed by atoms with Crippen molar-refractivity contribution in [3.8, 4) is 0 Å². The van der Waals surface area contributed by atoms with E-state index < -0.39 is 0 Å². The second-order valence-corrected chi connectivity index (χ2v) is 5.36. The molecular weight excluding hydrogens is 374 g/mol. The fourth-order valence-electron chi connectivity index (χ4n) is 0.963. The molecule has 0 aliphatic rings.